The van der Waals surface area contributed by atoms with Gasteiger partial charge in [-0.3, -0.25) is 0 Å². The first-order chi connectivity index (χ1) is 7.04. The Kier molecular flexibility index (Phi) is 7.96. The van der Waals surface area contributed by atoms with Crippen LogP contribution in [0.3, 0.4) is 0 Å². The van der Waals surface area contributed by atoms with Crippen molar-refractivity contribution in [2.24, 2.45) is 0 Å². The van der Waals surface area contributed by atoms with Crippen molar-refractivity contribution in [3.8, 4) is 5.75 Å². The molecule has 0 N–H and O–H groups in total. The van der Waals surface area contributed by atoms with Crippen molar-refractivity contribution in [2.75, 3.05) is 13.4 Å². The van der Waals surface area contributed by atoms with Crippen LogP contribution in [0, 0.1) is 0 Å². The molecule has 0 aliphatic heterocycles. The summed E-state index contributed by atoms with van der Waals surface area (Å²) in [6, 6.07) is 4.57. The van der Waals surface area contributed by atoms with Gasteiger partial charge in [-0.1, -0.05) is 12.1 Å². The maximum absolute atomic E-state index is 12.2. The fraction of sp³-hybridized carbons (Fsp3) is 0.333. The Morgan fingerprint density at radius 2 is 1.69 bits per heavy atom. The maximum Gasteiger partial charge on any atom is 1.00 e. The summed E-state index contributed by atoms with van der Waals surface area (Å²) in [5.41, 5.74) is -0.626. The van der Waals surface area contributed by atoms with Crippen molar-refractivity contribution in [3.05, 3.63) is 24.3 Å². The minimum atomic E-state index is -4.93. The second kappa shape index (κ2) is 7.73. The summed E-state index contributed by atoms with van der Waals surface area (Å²) >= 11 is 0. The zero-order valence-electron chi connectivity index (χ0n) is 9.25. The Labute approximate surface area is 135 Å². The van der Waals surface area contributed by atoms with Gasteiger partial charge >= 0.3 is 58.4 Å². The van der Waals surface area contributed by atoms with E-state index >= 15 is 0 Å². The fourth-order valence-corrected chi connectivity index (χ4v) is 0.975. The standard InChI is InChI=1S/C9H11BF3O2.K/c1-2-14-7-15-9-5-3-8(4-6-9)10(11,12)13;/h3-6H,2,7H2,1H3;/q-1;+1. The van der Waals surface area contributed by atoms with Crippen molar-refractivity contribution in [1.29, 1.82) is 0 Å². The Morgan fingerprint density at radius 3 is 2.12 bits per heavy atom. The van der Waals surface area contributed by atoms with Gasteiger partial charge in [0.1, 0.15) is 5.75 Å². The minimum Gasteiger partial charge on any atom is -0.468 e. The van der Waals surface area contributed by atoms with Gasteiger partial charge in [-0.05, 0) is 19.1 Å². The molecule has 0 unspecified atom stereocenters. The number of ether oxygens (including phenoxy) is 2. The topological polar surface area (TPSA) is 18.5 Å². The van der Waals surface area contributed by atoms with Crippen LogP contribution in [0.25, 0.3) is 0 Å². The van der Waals surface area contributed by atoms with Crippen LogP contribution in [0.5, 0.6) is 5.75 Å². The van der Waals surface area contributed by atoms with Crippen LogP contribution in [0.15, 0.2) is 24.3 Å². The second-order valence-corrected chi connectivity index (χ2v) is 2.90. The Balaban J connectivity index is 0.00000225. The van der Waals surface area contributed by atoms with Crippen molar-refractivity contribution in [1.82, 2.24) is 0 Å². The first-order valence-electron chi connectivity index (χ1n) is 4.54. The van der Waals surface area contributed by atoms with Gasteiger partial charge in [0.05, 0.1) is 0 Å². The zero-order valence-corrected chi connectivity index (χ0v) is 12.4. The average molecular weight is 258 g/mol. The van der Waals surface area contributed by atoms with Crippen molar-refractivity contribution in [3.63, 3.8) is 0 Å². The molecule has 0 aromatic heterocycles. The number of halogens is 3. The van der Waals surface area contributed by atoms with E-state index in [0.29, 0.717) is 12.4 Å². The average Bonchev–Trinajstić information content (AvgIpc) is 2.18. The SMILES string of the molecule is CCOCOc1ccc([B-](F)(F)F)cc1.[K+]. The molecule has 84 valence electrons. The molecule has 0 aliphatic rings. The molecule has 0 saturated carbocycles. The van der Waals surface area contributed by atoms with Gasteiger partial charge in [-0.2, -0.15) is 0 Å². The van der Waals surface area contributed by atoms with Gasteiger partial charge in [0.15, 0.2) is 6.79 Å². The van der Waals surface area contributed by atoms with E-state index in [-0.39, 0.29) is 58.2 Å². The molecule has 1 rings (SSSR count). The van der Waals surface area contributed by atoms with Gasteiger partial charge < -0.3 is 22.4 Å². The molecule has 2 nitrogen and oxygen atoms in total. The predicted molar refractivity (Wildman–Crippen MR) is 52.3 cm³/mol. The van der Waals surface area contributed by atoms with Gasteiger partial charge in [-0.25, -0.2) is 0 Å². The first kappa shape index (κ1) is 16.5. The summed E-state index contributed by atoms with van der Waals surface area (Å²) in [4.78, 5) is 0. The van der Waals surface area contributed by atoms with E-state index in [4.69, 9.17) is 9.47 Å². The molecule has 0 heterocycles. The Bertz CT molecular complexity index is 303. The van der Waals surface area contributed by atoms with Crippen LogP contribution in [-0.2, 0) is 4.74 Å². The van der Waals surface area contributed by atoms with Gasteiger partial charge in [0.25, 0.3) is 0 Å². The zero-order chi connectivity index (χ0) is 11.3. The summed E-state index contributed by atoms with van der Waals surface area (Å²) in [6.45, 7) is -2.57. The van der Waals surface area contributed by atoms with E-state index in [1.807, 2.05) is 0 Å². The summed E-state index contributed by atoms with van der Waals surface area (Å²) in [5.74, 6) is 0.368. The van der Waals surface area contributed by atoms with E-state index in [1.165, 1.54) is 12.1 Å². The van der Waals surface area contributed by atoms with Crippen molar-refractivity contribution >= 4 is 12.4 Å². The third kappa shape index (κ3) is 5.70. The molecular formula is C9H11BF3KO2. The van der Waals surface area contributed by atoms with Crippen LogP contribution in [0.1, 0.15) is 6.92 Å². The third-order valence-corrected chi connectivity index (χ3v) is 1.77. The molecular weight excluding hydrogens is 247 g/mol. The predicted octanol–water partition coefficient (Wildman–Crippen LogP) is -0.882. The summed E-state index contributed by atoms with van der Waals surface area (Å²) in [5, 5.41) is 0. The normalized spacial score (nSPS) is 10.8. The second-order valence-electron chi connectivity index (χ2n) is 2.90. The summed E-state index contributed by atoms with van der Waals surface area (Å²) in [7, 11) is 0. The van der Waals surface area contributed by atoms with E-state index in [9.17, 15) is 12.9 Å². The largest absolute Gasteiger partial charge is 1.00 e. The quantitative estimate of drug-likeness (QED) is 0.388. The molecule has 0 saturated heterocycles. The maximum atomic E-state index is 12.2. The summed E-state index contributed by atoms with van der Waals surface area (Å²) in [6.07, 6.45) is 0. The van der Waals surface area contributed by atoms with Crippen molar-refractivity contribution in [2.45, 2.75) is 6.92 Å². The van der Waals surface area contributed by atoms with Crippen LogP contribution in [-0.4, -0.2) is 20.4 Å². The smallest absolute Gasteiger partial charge is 0.468 e. The number of hydrogen-bond acceptors (Lipinski definition) is 2. The molecule has 0 amide bonds. The molecule has 0 radical (unpaired) electrons. The number of hydrogen-bond donors (Lipinski definition) is 0. The molecule has 0 aliphatic carbocycles. The van der Waals surface area contributed by atoms with E-state index in [1.54, 1.807) is 6.92 Å². The molecule has 0 atom stereocenters. The van der Waals surface area contributed by atoms with Gasteiger partial charge in [0.2, 0.25) is 0 Å². The Hall–Kier alpha value is 0.471. The minimum absolute atomic E-state index is 0. The monoisotopic (exact) mass is 258 g/mol. The van der Waals surface area contributed by atoms with Crippen LogP contribution >= 0.6 is 0 Å². The number of benzene rings is 1. The van der Waals surface area contributed by atoms with Crippen LogP contribution in [0.4, 0.5) is 12.9 Å². The molecule has 1 aromatic carbocycles. The molecule has 0 fully saturated rings. The molecule has 7 heteroatoms. The van der Waals surface area contributed by atoms with Crippen molar-refractivity contribution < 1.29 is 73.8 Å². The van der Waals surface area contributed by atoms with E-state index < -0.39 is 12.4 Å². The molecule has 1 aromatic rings. The fourth-order valence-electron chi connectivity index (χ4n) is 0.975. The molecule has 0 spiro atoms. The molecule has 0 bridgehead atoms. The van der Waals surface area contributed by atoms with E-state index in [2.05, 4.69) is 0 Å². The van der Waals surface area contributed by atoms with Crippen LogP contribution in [0.2, 0.25) is 0 Å². The third-order valence-electron chi connectivity index (χ3n) is 1.77. The first-order valence-corrected chi connectivity index (χ1v) is 4.54. The van der Waals surface area contributed by atoms with Gasteiger partial charge in [0, 0.05) is 6.61 Å². The van der Waals surface area contributed by atoms with Gasteiger partial charge in [-0.15, -0.1) is 5.46 Å². The number of rotatable bonds is 5. The van der Waals surface area contributed by atoms with Crippen LogP contribution < -0.4 is 61.6 Å². The van der Waals surface area contributed by atoms with E-state index in [0.717, 1.165) is 12.1 Å². The molecule has 16 heavy (non-hydrogen) atoms. The summed E-state index contributed by atoms with van der Waals surface area (Å²) < 4.78 is 46.6. The Morgan fingerprint density at radius 1 is 1.12 bits per heavy atom.